The van der Waals surface area contributed by atoms with Gasteiger partial charge in [0.25, 0.3) is 5.69 Å². The second kappa shape index (κ2) is 7.08. The summed E-state index contributed by atoms with van der Waals surface area (Å²) in [6, 6.07) is 4.78. The Labute approximate surface area is 127 Å². The highest BCUT2D eigenvalue weighted by atomic mass is 32.1. The largest absolute Gasteiger partial charge is 0.493 e. The number of ether oxygens (including phenoxy) is 1. The molecule has 0 amide bonds. The van der Waals surface area contributed by atoms with Crippen molar-refractivity contribution in [2.24, 2.45) is 0 Å². The Bertz CT molecular complexity index is 625. The van der Waals surface area contributed by atoms with Gasteiger partial charge in [0.2, 0.25) is 0 Å². The smallest absolute Gasteiger partial charge is 0.275 e. The average molecular weight is 306 g/mol. The fraction of sp³-hybridized carbons (Fsp3) is 0.333. The van der Waals surface area contributed by atoms with E-state index in [0.717, 1.165) is 6.42 Å². The maximum Gasteiger partial charge on any atom is 0.275 e. The van der Waals surface area contributed by atoms with Crippen molar-refractivity contribution in [1.82, 2.24) is 0 Å². The van der Waals surface area contributed by atoms with Crippen molar-refractivity contribution in [2.75, 3.05) is 11.9 Å². The van der Waals surface area contributed by atoms with Crippen molar-refractivity contribution in [3.8, 4) is 5.75 Å². The Kier molecular flexibility index (Phi) is 5.16. The first-order valence-electron chi connectivity index (χ1n) is 6.78. The Hall–Kier alpha value is -2.08. The Morgan fingerprint density at radius 1 is 1.33 bits per heavy atom. The summed E-state index contributed by atoms with van der Waals surface area (Å²) in [4.78, 5) is 10.6. The van der Waals surface area contributed by atoms with Crippen LogP contribution in [0.3, 0.4) is 0 Å². The minimum Gasteiger partial charge on any atom is -0.493 e. The van der Waals surface area contributed by atoms with Crippen molar-refractivity contribution in [3.05, 3.63) is 50.2 Å². The number of nitro benzene ring substituents is 1. The van der Waals surface area contributed by atoms with E-state index in [9.17, 15) is 10.1 Å². The predicted octanol–water partition coefficient (Wildman–Crippen LogP) is 4.37. The summed E-state index contributed by atoms with van der Waals surface area (Å²) in [6.45, 7) is 5.24. The number of thiophene rings is 1. The maximum atomic E-state index is 11.0. The van der Waals surface area contributed by atoms with Crippen LogP contribution < -0.4 is 10.1 Å². The summed E-state index contributed by atoms with van der Waals surface area (Å²) >= 11 is 1.65. The number of aryl methyl sites for hydroxylation is 1. The van der Waals surface area contributed by atoms with Gasteiger partial charge in [-0.1, -0.05) is 6.92 Å². The number of anilines is 1. The molecule has 0 fully saturated rings. The standard InChI is InChI=1S/C15H18N2O3S/c1-3-4-20-15-6-13(5-14(7-15)17(18)19)16-8-12-10-21-9-11(12)2/h5-7,9-10,16H,3-4,8H2,1-2H3. The van der Waals surface area contributed by atoms with Crippen molar-refractivity contribution < 1.29 is 9.66 Å². The average Bonchev–Trinajstić information content (AvgIpc) is 2.88. The maximum absolute atomic E-state index is 11.0. The summed E-state index contributed by atoms with van der Waals surface area (Å²) in [5, 5.41) is 18.4. The van der Waals surface area contributed by atoms with Gasteiger partial charge in [0.15, 0.2) is 0 Å². The molecule has 0 saturated carbocycles. The topological polar surface area (TPSA) is 64.4 Å². The van der Waals surface area contributed by atoms with Crippen molar-refractivity contribution in [3.63, 3.8) is 0 Å². The molecule has 0 aliphatic carbocycles. The number of nitrogens with zero attached hydrogens (tertiary/aromatic N) is 1. The Balaban J connectivity index is 2.15. The second-order valence-electron chi connectivity index (χ2n) is 4.75. The van der Waals surface area contributed by atoms with Gasteiger partial charge in [-0.15, -0.1) is 0 Å². The van der Waals surface area contributed by atoms with Crippen LogP contribution in [0, 0.1) is 17.0 Å². The Morgan fingerprint density at radius 3 is 2.76 bits per heavy atom. The van der Waals surface area contributed by atoms with Crippen LogP contribution >= 0.6 is 11.3 Å². The lowest BCUT2D eigenvalue weighted by Crippen LogP contribution is -2.02. The van der Waals surface area contributed by atoms with E-state index in [1.165, 1.54) is 23.3 Å². The van der Waals surface area contributed by atoms with Gasteiger partial charge in [0, 0.05) is 24.4 Å². The van der Waals surface area contributed by atoms with Crippen LogP contribution in [0.15, 0.2) is 29.0 Å². The van der Waals surface area contributed by atoms with E-state index in [1.807, 2.05) is 6.92 Å². The number of hydrogen-bond acceptors (Lipinski definition) is 5. The third-order valence-corrected chi connectivity index (χ3v) is 3.93. The molecule has 0 radical (unpaired) electrons. The zero-order valence-electron chi connectivity index (χ0n) is 12.1. The predicted molar refractivity (Wildman–Crippen MR) is 85.3 cm³/mol. The van der Waals surface area contributed by atoms with E-state index < -0.39 is 4.92 Å². The minimum atomic E-state index is -0.403. The molecule has 1 aromatic heterocycles. The lowest BCUT2D eigenvalue weighted by atomic mass is 10.2. The SMILES string of the molecule is CCCOc1cc(NCc2cscc2C)cc([N+](=O)[O-])c1. The van der Waals surface area contributed by atoms with Gasteiger partial charge in [-0.25, -0.2) is 0 Å². The molecule has 1 heterocycles. The van der Waals surface area contributed by atoms with Gasteiger partial charge in [-0.2, -0.15) is 11.3 Å². The zero-order chi connectivity index (χ0) is 15.2. The highest BCUT2D eigenvalue weighted by Crippen LogP contribution is 2.27. The van der Waals surface area contributed by atoms with Crippen LogP contribution in [0.2, 0.25) is 0 Å². The molecule has 1 N–H and O–H groups in total. The molecule has 2 rings (SSSR count). The van der Waals surface area contributed by atoms with E-state index >= 15 is 0 Å². The molecule has 0 aliphatic rings. The summed E-state index contributed by atoms with van der Waals surface area (Å²) in [7, 11) is 0. The fourth-order valence-corrected chi connectivity index (χ4v) is 2.72. The van der Waals surface area contributed by atoms with Crippen LogP contribution in [0.4, 0.5) is 11.4 Å². The summed E-state index contributed by atoms with van der Waals surface area (Å²) in [6.07, 6.45) is 0.861. The number of benzene rings is 1. The molecular formula is C15H18N2O3S. The first kappa shape index (κ1) is 15.3. The van der Waals surface area contributed by atoms with E-state index in [-0.39, 0.29) is 5.69 Å². The third-order valence-electron chi connectivity index (χ3n) is 3.02. The minimum absolute atomic E-state index is 0.0353. The second-order valence-corrected chi connectivity index (χ2v) is 5.50. The molecule has 5 nitrogen and oxygen atoms in total. The van der Waals surface area contributed by atoms with Crippen LogP contribution in [-0.4, -0.2) is 11.5 Å². The molecule has 0 atom stereocenters. The van der Waals surface area contributed by atoms with E-state index in [0.29, 0.717) is 24.6 Å². The molecule has 1 aromatic carbocycles. The quantitative estimate of drug-likeness (QED) is 0.609. The molecule has 2 aromatic rings. The van der Waals surface area contributed by atoms with Gasteiger partial charge in [0.05, 0.1) is 17.6 Å². The molecule has 0 aliphatic heterocycles. The highest BCUT2D eigenvalue weighted by Gasteiger charge is 2.11. The number of hydrogen-bond donors (Lipinski definition) is 1. The van der Waals surface area contributed by atoms with Crippen LogP contribution in [0.25, 0.3) is 0 Å². The van der Waals surface area contributed by atoms with Gasteiger partial charge in [0.1, 0.15) is 5.75 Å². The van der Waals surface area contributed by atoms with Gasteiger partial charge >= 0.3 is 0 Å². The van der Waals surface area contributed by atoms with Crippen LogP contribution in [-0.2, 0) is 6.54 Å². The Morgan fingerprint density at radius 2 is 2.14 bits per heavy atom. The lowest BCUT2D eigenvalue weighted by molar-refractivity contribution is -0.384. The first-order chi connectivity index (χ1) is 10.1. The molecule has 0 unspecified atom stereocenters. The normalized spacial score (nSPS) is 10.4. The molecule has 112 valence electrons. The molecular weight excluding hydrogens is 288 g/mol. The van der Waals surface area contributed by atoms with Crippen molar-refractivity contribution in [1.29, 1.82) is 0 Å². The van der Waals surface area contributed by atoms with E-state index in [1.54, 1.807) is 17.4 Å². The zero-order valence-corrected chi connectivity index (χ0v) is 12.9. The highest BCUT2D eigenvalue weighted by molar-refractivity contribution is 7.08. The van der Waals surface area contributed by atoms with Crippen LogP contribution in [0.1, 0.15) is 24.5 Å². The number of nitro groups is 1. The van der Waals surface area contributed by atoms with E-state index in [2.05, 4.69) is 23.0 Å². The van der Waals surface area contributed by atoms with Gasteiger partial charge in [-0.05, 0) is 35.2 Å². The van der Waals surface area contributed by atoms with Gasteiger partial charge in [-0.3, -0.25) is 10.1 Å². The number of non-ortho nitro benzene ring substituents is 1. The number of nitrogens with one attached hydrogen (secondary N) is 1. The summed E-state index contributed by atoms with van der Waals surface area (Å²) in [5.41, 5.74) is 3.15. The molecule has 21 heavy (non-hydrogen) atoms. The summed E-state index contributed by atoms with van der Waals surface area (Å²) < 4.78 is 5.51. The lowest BCUT2D eigenvalue weighted by Gasteiger charge is -2.10. The fourth-order valence-electron chi connectivity index (χ4n) is 1.86. The first-order valence-corrected chi connectivity index (χ1v) is 7.72. The third kappa shape index (κ3) is 4.19. The number of rotatable bonds is 7. The molecule has 0 spiro atoms. The van der Waals surface area contributed by atoms with Crippen molar-refractivity contribution in [2.45, 2.75) is 26.8 Å². The van der Waals surface area contributed by atoms with Crippen molar-refractivity contribution >= 4 is 22.7 Å². The van der Waals surface area contributed by atoms with Crippen LogP contribution in [0.5, 0.6) is 5.75 Å². The molecule has 0 bridgehead atoms. The monoisotopic (exact) mass is 306 g/mol. The molecule has 0 saturated heterocycles. The van der Waals surface area contributed by atoms with E-state index in [4.69, 9.17) is 4.74 Å². The summed E-state index contributed by atoms with van der Waals surface area (Å²) in [5.74, 6) is 0.524. The molecule has 6 heteroatoms. The van der Waals surface area contributed by atoms with Gasteiger partial charge < -0.3 is 10.1 Å².